The number of benzene rings is 2. The zero-order valence-electron chi connectivity index (χ0n) is 8.74. The summed E-state index contributed by atoms with van der Waals surface area (Å²) in [6.45, 7) is 0. The third-order valence-corrected chi connectivity index (χ3v) is 3.23. The van der Waals surface area contributed by atoms with E-state index in [-0.39, 0.29) is 0 Å². The highest BCUT2D eigenvalue weighted by molar-refractivity contribution is 14.1. The van der Waals surface area contributed by atoms with Crippen molar-refractivity contribution in [2.24, 2.45) is 0 Å². The molecule has 2 aromatic carbocycles. The van der Waals surface area contributed by atoms with E-state index >= 15 is 0 Å². The smallest absolute Gasteiger partial charge is 0.101 e. The van der Waals surface area contributed by atoms with E-state index in [0.29, 0.717) is 10.6 Å². The summed E-state index contributed by atoms with van der Waals surface area (Å²) in [5, 5.41) is 12.8. The van der Waals surface area contributed by atoms with Gasteiger partial charge < -0.3 is 5.32 Å². The largest absolute Gasteiger partial charge is 0.353 e. The maximum absolute atomic E-state index is 8.99. The van der Waals surface area contributed by atoms with Crippen LogP contribution < -0.4 is 5.32 Å². The van der Waals surface area contributed by atoms with E-state index in [9.17, 15) is 0 Å². The van der Waals surface area contributed by atoms with Crippen LogP contribution in [-0.2, 0) is 0 Å². The van der Waals surface area contributed by atoms with Gasteiger partial charge in [-0.25, -0.2) is 0 Å². The maximum Gasteiger partial charge on any atom is 0.101 e. The van der Waals surface area contributed by atoms with Crippen molar-refractivity contribution in [3.05, 3.63) is 56.6 Å². The van der Waals surface area contributed by atoms with Crippen molar-refractivity contribution >= 4 is 45.6 Å². The maximum atomic E-state index is 8.99. The van der Waals surface area contributed by atoms with Gasteiger partial charge in [0.2, 0.25) is 0 Å². The first-order valence-corrected chi connectivity index (χ1v) is 6.37. The molecule has 0 aliphatic rings. The Labute approximate surface area is 118 Å². The minimum absolute atomic E-state index is 0.599. The molecule has 0 radical (unpaired) electrons. The summed E-state index contributed by atoms with van der Waals surface area (Å²) >= 11 is 8.33. The van der Waals surface area contributed by atoms with Gasteiger partial charge in [0.05, 0.1) is 22.0 Å². The molecule has 0 amide bonds. The molecule has 4 heteroatoms. The van der Waals surface area contributed by atoms with Gasteiger partial charge in [-0.05, 0) is 52.9 Å². The molecule has 17 heavy (non-hydrogen) atoms. The first kappa shape index (κ1) is 12.2. The van der Waals surface area contributed by atoms with Crippen LogP contribution >= 0.6 is 34.2 Å². The highest BCUT2D eigenvalue weighted by Crippen LogP contribution is 2.28. The number of rotatable bonds is 2. The van der Waals surface area contributed by atoms with Gasteiger partial charge in [-0.2, -0.15) is 5.26 Å². The molecular formula is C13H8ClIN2. The second-order valence-corrected chi connectivity index (χ2v) is 5.06. The number of hydrogen-bond acceptors (Lipinski definition) is 2. The van der Waals surface area contributed by atoms with Gasteiger partial charge in [0, 0.05) is 3.57 Å². The number of anilines is 2. The zero-order valence-corrected chi connectivity index (χ0v) is 11.7. The zero-order chi connectivity index (χ0) is 12.3. The lowest BCUT2D eigenvalue weighted by Crippen LogP contribution is -1.94. The van der Waals surface area contributed by atoms with E-state index in [4.69, 9.17) is 16.9 Å². The van der Waals surface area contributed by atoms with Crippen molar-refractivity contribution in [1.82, 2.24) is 0 Å². The summed E-state index contributed by atoms with van der Waals surface area (Å²) in [6.07, 6.45) is 0. The number of nitriles is 1. The normalized spacial score (nSPS) is 9.71. The SMILES string of the molecule is N#Cc1ccccc1Nc1ccc(I)cc1Cl. The van der Waals surface area contributed by atoms with Gasteiger partial charge in [-0.3, -0.25) is 0 Å². The van der Waals surface area contributed by atoms with Crippen LogP contribution in [-0.4, -0.2) is 0 Å². The molecule has 2 rings (SSSR count). The Kier molecular flexibility index (Phi) is 3.87. The lowest BCUT2D eigenvalue weighted by Gasteiger charge is -2.09. The second-order valence-electron chi connectivity index (χ2n) is 3.41. The van der Waals surface area contributed by atoms with Crippen molar-refractivity contribution in [2.75, 3.05) is 5.32 Å². The highest BCUT2D eigenvalue weighted by atomic mass is 127. The molecule has 0 spiro atoms. The van der Waals surface area contributed by atoms with E-state index in [1.807, 2.05) is 36.4 Å². The van der Waals surface area contributed by atoms with Crippen molar-refractivity contribution in [3.63, 3.8) is 0 Å². The summed E-state index contributed by atoms with van der Waals surface area (Å²) in [7, 11) is 0. The van der Waals surface area contributed by atoms with Crippen LogP contribution in [0.3, 0.4) is 0 Å². The molecule has 0 saturated heterocycles. The van der Waals surface area contributed by atoms with Crippen LogP contribution in [0.1, 0.15) is 5.56 Å². The van der Waals surface area contributed by atoms with Crippen molar-refractivity contribution < 1.29 is 0 Å². The van der Waals surface area contributed by atoms with Gasteiger partial charge in [0.1, 0.15) is 6.07 Å². The van der Waals surface area contributed by atoms with E-state index in [1.54, 1.807) is 6.07 Å². The van der Waals surface area contributed by atoms with Crippen molar-refractivity contribution in [3.8, 4) is 6.07 Å². The summed E-state index contributed by atoms with van der Waals surface area (Å²) in [5.41, 5.74) is 2.16. The molecule has 2 nitrogen and oxygen atoms in total. The molecule has 0 aliphatic carbocycles. The summed E-state index contributed by atoms with van der Waals surface area (Å²) in [6, 6.07) is 15.2. The Bertz CT molecular complexity index is 590. The topological polar surface area (TPSA) is 35.8 Å². The summed E-state index contributed by atoms with van der Waals surface area (Å²) < 4.78 is 1.08. The average Bonchev–Trinajstić information content (AvgIpc) is 2.33. The van der Waals surface area contributed by atoms with E-state index in [0.717, 1.165) is 14.9 Å². The van der Waals surface area contributed by atoms with Gasteiger partial charge in [0.15, 0.2) is 0 Å². The third-order valence-electron chi connectivity index (χ3n) is 2.25. The molecular weight excluding hydrogens is 347 g/mol. The lowest BCUT2D eigenvalue weighted by molar-refractivity contribution is 1.46. The predicted octanol–water partition coefficient (Wildman–Crippen LogP) is 4.56. The molecule has 0 unspecified atom stereocenters. The number of hydrogen-bond donors (Lipinski definition) is 1. The molecule has 2 aromatic rings. The quantitative estimate of drug-likeness (QED) is 0.803. The fraction of sp³-hybridized carbons (Fsp3) is 0. The van der Waals surface area contributed by atoms with E-state index in [1.165, 1.54) is 0 Å². The fourth-order valence-corrected chi connectivity index (χ4v) is 2.33. The Morgan fingerprint density at radius 1 is 1.12 bits per heavy atom. The molecule has 1 N–H and O–H groups in total. The Morgan fingerprint density at radius 3 is 2.59 bits per heavy atom. The lowest BCUT2D eigenvalue weighted by atomic mass is 10.2. The molecule has 0 aliphatic heterocycles. The first-order chi connectivity index (χ1) is 8.20. The van der Waals surface area contributed by atoms with E-state index in [2.05, 4.69) is 34.0 Å². The highest BCUT2D eigenvalue weighted by Gasteiger charge is 2.04. The van der Waals surface area contributed by atoms with Crippen LogP contribution in [0.2, 0.25) is 5.02 Å². The van der Waals surface area contributed by atoms with Gasteiger partial charge in [0.25, 0.3) is 0 Å². The molecule has 84 valence electrons. The fourth-order valence-electron chi connectivity index (χ4n) is 1.43. The first-order valence-electron chi connectivity index (χ1n) is 4.92. The van der Waals surface area contributed by atoms with Gasteiger partial charge in [-0.1, -0.05) is 23.7 Å². The molecule has 0 aromatic heterocycles. The standard InChI is InChI=1S/C13H8ClIN2/c14-11-7-10(15)5-6-13(11)17-12-4-2-1-3-9(12)8-16/h1-7,17H. The number of halogens is 2. The monoisotopic (exact) mass is 354 g/mol. The van der Waals surface area contributed by atoms with Crippen LogP contribution in [0, 0.1) is 14.9 Å². The number of nitrogens with one attached hydrogen (secondary N) is 1. The molecule has 0 saturated carbocycles. The molecule has 0 fully saturated rings. The van der Waals surface area contributed by atoms with Crippen LogP contribution in [0.4, 0.5) is 11.4 Å². The third kappa shape index (κ3) is 2.90. The summed E-state index contributed by atoms with van der Waals surface area (Å²) in [5.74, 6) is 0. The van der Waals surface area contributed by atoms with E-state index < -0.39 is 0 Å². The Balaban J connectivity index is 2.35. The van der Waals surface area contributed by atoms with Crippen LogP contribution in [0.5, 0.6) is 0 Å². The predicted molar refractivity (Wildman–Crippen MR) is 78.6 cm³/mol. The van der Waals surface area contributed by atoms with Crippen LogP contribution in [0.25, 0.3) is 0 Å². The van der Waals surface area contributed by atoms with Crippen molar-refractivity contribution in [1.29, 1.82) is 5.26 Å². The Morgan fingerprint density at radius 2 is 1.88 bits per heavy atom. The Hall–Kier alpha value is -1.25. The number of nitrogens with zero attached hydrogens (tertiary/aromatic N) is 1. The second kappa shape index (κ2) is 5.39. The molecule has 0 heterocycles. The van der Waals surface area contributed by atoms with Gasteiger partial charge in [-0.15, -0.1) is 0 Å². The van der Waals surface area contributed by atoms with Crippen LogP contribution in [0.15, 0.2) is 42.5 Å². The number of para-hydroxylation sites is 1. The minimum Gasteiger partial charge on any atom is -0.353 e. The molecule has 0 atom stereocenters. The summed E-state index contributed by atoms with van der Waals surface area (Å²) in [4.78, 5) is 0. The molecule has 0 bridgehead atoms. The van der Waals surface area contributed by atoms with Crippen molar-refractivity contribution in [2.45, 2.75) is 0 Å². The van der Waals surface area contributed by atoms with Gasteiger partial charge >= 0.3 is 0 Å². The minimum atomic E-state index is 0.599. The average molecular weight is 355 g/mol.